The summed E-state index contributed by atoms with van der Waals surface area (Å²) in [6, 6.07) is 20.0. The Morgan fingerprint density at radius 1 is 0.913 bits per heavy atom. The van der Waals surface area contributed by atoms with E-state index in [4.69, 9.17) is 9.98 Å². The molecule has 3 aromatic rings. The Morgan fingerprint density at radius 3 is 2.52 bits per heavy atom. The molecule has 4 rings (SSSR count). The third kappa shape index (κ3) is 2.25. The van der Waals surface area contributed by atoms with Gasteiger partial charge in [0.05, 0.1) is 22.5 Å². The van der Waals surface area contributed by atoms with Crippen LogP contribution >= 0.6 is 0 Å². The van der Waals surface area contributed by atoms with Crippen molar-refractivity contribution in [3.05, 3.63) is 77.5 Å². The van der Waals surface area contributed by atoms with Gasteiger partial charge < -0.3 is 5.11 Å². The Labute approximate surface area is 135 Å². The molecule has 1 aliphatic rings. The van der Waals surface area contributed by atoms with Crippen LogP contribution in [0.4, 0.5) is 0 Å². The molecule has 0 saturated heterocycles. The predicted molar refractivity (Wildman–Crippen MR) is 92.9 cm³/mol. The third-order valence-electron chi connectivity index (χ3n) is 4.42. The zero-order chi connectivity index (χ0) is 16.0. The van der Waals surface area contributed by atoms with E-state index in [9.17, 15) is 5.11 Å². The molecule has 0 aliphatic carbocycles. The maximum atomic E-state index is 10.6. The van der Waals surface area contributed by atoms with Crippen molar-refractivity contribution in [2.45, 2.75) is 25.5 Å². The number of nitrogens with zero attached hydrogens (tertiary/aromatic N) is 2. The smallest absolute Gasteiger partial charge is 0.104 e. The highest BCUT2D eigenvalue weighted by molar-refractivity contribution is 6.14. The van der Waals surface area contributed by atoms with Gasteiger partial charge in [-0.3, -0.25) is 4.99 Å². The number of fused-ring (bicyclic) bond motifs is 2. The summed E-state index contributed by atoms with van der Waals surface area (Å²) in [7, 11) is 0. The number of aliphatic hydroxyl groups excluding tert-OH is 1. The highest BCUT2D eigenvalue weighted by Crippen LogP contribution is 2.37. The van der Waals surface area contributed by atoms with Gasteiger partial charge in [0.1, 0.15) is 6.10 Å². The lowest BCUT2D eigenvalue weighted by Gasteiger charge is -2.34. The number of aliphatic hydroxyl groups is 1. The minimum Gasteiger partial charge on any atom is -0.386 e. The standard InChI is InChI=1S/C20H18N2O/c1-20(2)19(23)15-9-5-4-8-14(15)18(22-20)17-12-11-13-7-3-6-10-16(13)21-17/h3-12,19,23H,1-2H3. The Balaban J connectivity index is 1.95. The van der Waals surface area contributed by atoms with Crippen LogP contribution in [-0.2, 0) is 0 Å². The monoisotopic (exact) mass is 302 g/mol. The first-order valence-electron chi connectivity index (χ1n) is 7.80. The summed E-state index contributed by atoms with van der Waals surface area (Å²) >= 11 is 0. The van der Waals surface area contributed by atoms with Crippen LogP contribution in [0.3, 0.4) is 0 Å². The Kier molecular flexibility index (Phi) is 3.06. The summed E-state index contributed by atoms with van der Waals surface area (Å²) in [5.74, 6) is 0. The largest absolute Gasteiger partial charge is 0.386 e. The van der Waals surface area contributed by atoms with Crippen molar-refractivity contribution in [1.29, 1.82) is 0 Å². The van der Waals surface area contributed by atoms with Crippen molar-refractivity contribution in [1.82, 2.24) is 4.98 Å². The second-order valence-corrected chi connectivity index (χ2v) is 6.49. The molecule has 0 bridgehead atoms. The van der Waals surface area contributed by atoms with E-state index >= 15 is 0 Å². The molecule has 0 spiro atoms. The van der Waals surface area contributed by atoms with E-state index in [2.05, 4.69) is 12.1 Å². The van der Waals surface area contributed by atoms with Gasteiger partial charge in [0.25, 0.3) is 0 Å². The molecule has 0 fully saturated rings. The highest BCUT2D eigenvalue weighted by atomic mass is 16.3. The number of aromatic nitrogens is 1. The van der Waals surface area contributed by atoms with Gasteiger partial charge in [0, 0.05) is 10.9 Å². The Morgan fingerprint density at radius 2 is 1.65 bits per heavy atom. The molecule has 23 heavy (non-hydrogen) atoms. The van der Waals surface area contributed by atoms with Gasteiger partial charge in [-0.25, -0.2) is 4.98 Å². The average Bonchev–Trinajstić information content (AvgIpc) is 2.58. The number of hydrogen-bond donors (Lipinski definition) is 1. The predicted octanol–water partition coefficient (Wildman–Crippen LogP) is 3.90. The van der Waals surface area contributed by atoms with Crippen molar-refractivity contribution >= 4 is 16.6 Å². The van der Waals surface area contributed by atoms with Gasteiger partial charge in [-0.15, -0.1) is 0 Å². The van der Waals surface area contributed by atoms with Crippen molar-refractivity contribution in [2.75, 3.05) is 0 Å². The summed E-state index contributed by atoms with van der Waals surface area (Å²) in [6.45, 7) is 3.91. The molecule has 0 amide bonds. The van der Waals surface area contributed by atoms with Crippen LogP contribution in [0.25, 0.3) is 10.9 Å². The summed E-state index contributed by atoms with van der Waals surface area (Å²) in [4.78, 5) is 9.59. The van der Waals surface area contributed by atoms with Gasteiger partial charge in [0.15, 0.2) is 0 Å². The molecule has 3 nitrogen and oxygen atoms in total. The van der Waals surface area contributed by atoms with E-state index in [1.807, 2.05) is 62.4 Å². The van der Waals surface area contributed by atoms with Crippen molar-refractivity contribution in [3.63, 3.8) is 0 Å². The van der Waals surface area contributed by atoms with E-state index < -0.39 is 11.6 Å². The lowest BCUT2D eigenvalue weighted by molar-refractivity contribution is 0.103. The van der Waals surface area contributed by atoms with Crippen LogP contribution in [-0.4, -0.2) is 21.3 Å². The van der Waals surface area contributed by atoms with Crippen LogP contribution in [0.1, 0.15) is 36.8 Å². The maximum absolute atomic E-state index is 10.6. The van der Waals surface area contributed by atoms with Gasteiger partial charge in [-0.2, -0.15) is 0 Å². The molecule has 0 radical (unpaired) electrons. The van der Waals surface area contributed by atoms with E-state index in [0.29, 0.717) is 0 Å². The Hall–Kier alpha value is -2.52. The molecule has 1 atom stereocenters. The quantitative estimate of drug-likeness (QED) is 0.741. The first kappa shape index (κ1) is 14.1. The minimum atomic E-state index is -0.608. The van der Waals surface area contributed by atoms with Crippen LogP contribution in [0.2, 0.25) is 0 Å². The molecule has 1 unspecified atom stereocenters. The topological polar surface area (TPSA) is 45.5 Å². The molecule has 1 aromatic heterocycles. The summed E-state index contributed by atoms with van der Waals surface area (Å²) in [5.41, 5.74) is 3.95. The number of rotatable bonds is 1. The van der Waals surface area contributed by atoms with E-state index in [-0.39, 0.29) is 0 Å². The summed E-state index contributed by atoms with van der Waals surface area (Å²) < 4.78 is 0. The number of hydrogen-bond acceptors (Lipinski definition) is 3. The molecule has 1 aliphatic heterocycles. The van der Waals surface area contributed by atoms with Gasteiger partial charge in [0.2, 0.25) is 0 Å². The van der Waals surface area contributed by atoms with Crippen molar-refractivity contribution in [3.8, 4) is 0 Å². The van der Waals surface area contributed by atoms with Gasteiger partial charge in [-0.05, 0) is 31.5 Å². The van der Waals surface area contributed by atoms with E-state index in [0.717, 1.165) is 33.4 Å². The first-order chi connectivity index (χ1) is 11.1. The summed E-state index contributed by atoms with van der Waals surface area (Å²) in [5, 5.41) is 11.7. The zero-order valence-corrected chi connectivity index (χ0v) is 13.2. The van der Waals surface area contributed by atoms with E-state index in [1.165, 1.54) is 0 Å². The van der Waals surface area contributed by atoms with Crippen molar-refractivity contribution in [2.24, 2.45) is 4.99 Å². The molecular formula is C20H18N2O. The maximum Gasteiger partial charge on any atom is 0.104 e. The molecule has 2 heterocycles. The molecule has 0 saturated carbocycles. The van der Waals surface area contributed by atoms with Gasteiger partial charge >= 0.3 is 0 Å². The molecule has 114 valence electrons. The molecule has 2 aromatic carbocycles. The van der Waals surface area contributed by atoms with Gasteiger partial charge in [-0.1, -0.05) is 48.5 Å². The molecule has 3 heteroatoms. The molecule has 1 N–H and O–H groups in total. The van der Waals surface area contributed by atoms with E-state index in [1.54, 1.807) is 0 Å². The number of aliphatic imine (C=N–C) groups is 1. The molecular weight excluding hydrogens is 284 g/mol. The average molecular weight is 302 g/mol. The summed E-state index contributed by atoms with van der Waals surface area (Å²) in [6.07, 6.45) is -0.608. The number of para-hydroxylation sites is 1. The SMILES string of the molecule is CC1(C)N=C(c2ccc3ccccc3n2)c2ccccc2C1O. The lowest BCUT2D eigenvalue weighted by atomic mass is 9.83. The van der Waals surface area contributed by atoms with Crippen LogP contribution in [0.5, 0.6) is 0 Å². The third-order valence-corrected chi connectivity index (χ3v) is 4.42. The Bertz CT molecular complexity index is 928. The minimum absolute atomic E-state index is 0.572. The van der Waals surface area contributed by atoms with Crippen molar-refractivity contribution < 1.29 is 5.11 Å². The fourth-order valence-electron chi connectivity index (χ4n) is 3.13. The number of benzene rings is 2. The zero-order valence-electron chi connectivity index (χ0n) is 13.2. The lowest BCUT2D eigenvalue weighted by Crippen LogP contribution is -2.34. The second-order valence-electron chi connectivity index (χ2n) is 6.49. The number of pyridine rings is 1. The fraction of sp³-hybridized carbons (Fsp3) is 0.200. The van der Waals surface area contributed by atoms with Crippen LogP contribution in [0, 0.1) is 0 Å². The first-order valence-corrected chi connectivity index (χ1v) is 7.80. The van der Waals surface area contributed by atoms with Crippen LogP contribution in [0.15, 0.2) is 65.7 Å². The fourth-order valence-corrected chi connectivity index (χ4v) is 3.13. The normalized spacial score (nSPS) is 19.3. The van der Waals surface area contributed by atoms with Crippen LogP contribution < -0.4 is 0 Å². The second kappa shape index (κ2) is 5.00. The highest BCUT2D eigenvalue weighted by Gasteiger charge is 2.36.